The van der Waals surface area contributed by atoms with Crippen molar-refractivity contribution in [1.82, 2.24) is 9.97 Å². The summed E-state index contributed by atoms with van der Waals surface area (Å²) < 4.78 is 4.61. The third-order valence-electron chi connectivity index (χ3n) is 1.11. The van der Waals surface area contributed by atoms with Crippen LogP contribution >= 0.6 is 11.6 Å². The Morgan fingerprint density at radius 3 is 3.15 bits per heavy atom. The topological polar surface area (TPSA) is 64.1 Å². The lowest BCUT2D eigenvalue weighted by molar-refractivity contribution is 0.167. The van der Waals surface area contributed by atoms with Crippen molar-refractivity contribution in [2.75, 3.05) is 11.9 Å². The van der Waals surface area contributed by atoms with Gasteiger partial charge in [-0.2, -0.15) is 0 Å². The Kier molecular flexibility index (Phi) is 3.45. The Balaban J connectivity index is 2.58. The van der Waals surface area contributed by atoms with E-state index >= 15 is 0 Å². The number of rotatable bonds is 2. The van der Waals surface area contributed by atoms with Crippen LogP contribution in [0.5, 0.6) is 0 Å². The molecule has 0 aliphatic rings. The average molecular weight is 202 g/mol. The first-order chi connectivity index (χ1) is 6.22. The van der Waals surface area contributed by atoms with E-state index in [0.717, 1.165) is 0 Å². The first-order valence-corrected chi connectivity index (χ1v) is 4.02. The first-order valence-electron chi connectivity index (χ1n) is 3.64. The van der Waals surface area contributed by atoms with Gasteiger partial charge >= 0.3 is 6.09 Å². The molecular weight excluding hydrogens is 194 g/mol. The number of ether oxygens (including phenoxy) is 1. The minimum atomic E-state index is -0.593. The number of carbonyl (C=O) groups is 1. The second kappa shape index (κ2) is 4.61. The predicted octanol–water partition coefficient (Wildman–Crippen LogP) is 1.70. The van der Waals surface area contributed by atoms with Crippen LogP contribution in [0.1, 0.15) is 6.92 Å². The maximum Gasteiger partial charge on any atom is 0.414 e. The van der Waals surface area contributed by atoms with E-state index in [1.54, 1.807) is 6.92 Å². The molecule has 1 aromatic rings. The molecule has 0 saturated carbocycles. The molecule has 1 amide bonds. The van der Waals surface area contributed by atoms with E-state index < -0.39 is 6.09 Å². The molecule has 0 aliphatic carbocycles. The molecule has 6 heteroatoms. The zero-order chi connectivity index (χ0) is 9.68. The van der Waals surface area contributed by atoms with Gasteiger partial charge in [-0.05, 0) is 13.0 Å². The number of nitrogens with zero attached hydrogens (tertiary/aromatic N) is 2. The highest BCUT2D eigenvalue weighted by molar-refractivity contribution is 6.29. The van der Waals surface area contributed by atoms with Gasteiger partial charge in [0.1, 0.15) is 5.15 Å². The SMILES string of the molecule is CCOC(=O)Nc1nccc(Cl)n1. The summed E-state index contributed by atoms with van der Waals surface area (Å²) in [5.74, 6) is 0.131. The lowest BCUT2D eigenvalue weighted by atomic mass is 10.7. The second-order valence-corrected chi connectivity index (χ2v) is 2.44. The molecule has 0 unspecified atom stereocenters. The zero-order valence-corrected chi connectivity index (χ0v) is 7.71. The minimum absolute atomic E-state index is 0.131. The highest BCUT2D eigenvalue weighted by Crippen LogP contribution is 2.05. The van der Waals surface area contributed by atoms with Crippen molar-refractivity contribution in [3.05, 3.63) is 17.4 Å². The van der Waals surface area contributed by atoms with E-state index in [9.17, 15) is 4.79 Å². The Bertz CT molecular complexity index is 306. The molecule has 0 bridgehead atoms. The van der Waals surface area contributed by atoms with E-state index in [1.165, 1.54) is 12.3 Å². The van der Waals surface area contributed by atoms with Gasteiger partial charge < -0.3 is 4.74 Å². The van der Waals surface area contributed by atoms with Gasteiger partial charge in [0, 0.05) is 6.20 Å². The predicted molar refractivity (Wildman–Crippen MR) is 47.7 cm³/mol. The summed E-state index contributed by atoms with van der Waals surface area (Å²) in [5, 5.41) is 2.58. The van der Waals surface area contributed by atoms with Crippen LogP contribution < -0.4 is 5.32 Å². The Morgan fingerprint density at radius 1 is 1.77 bits per heavy atom. The van der Waals surface area contributed by atoms with Crippen LogP contribution in [0.2, 0.25) is 5.15 Å². The Morgan fingerprint density at radius 2 is 2.54 bits per heavy atom. The van der Waals surface area contributed by atoms with Crippen molar-refractivity contribution < 1.29 is 9.53 Å². The summed E-state index contributed by atoms with van der Waals surface area (Å²) in [6.07, 6.45) is 0.849. The fourth-order valence-corrected chi connectivity index (χ4v) is 0.792. The second-order valence-electron chi connectivity index (χ2n) is 2.05. The molecule has 0 radical (unpaired) electrons. The summed E-state index contributed by atoms with van der Waals surface area (Å²) in [7, 11) is 0. The summed E-state index contributed by atoms with van der Waals surface area (Å²) in [6, 6.07) is 1.51. The molecular formula is C7H8ClN3O2. The lowest BCUT2D eigenvalue weighted by Gasteiger charge is -2.02. The highest BCUT2D eigenvalue weighted by atomic mass is 35.5. The maximum absolute atomic E-state index is 10.9. The largest absolute Gasteiger partial charge is 0.450 e. The maximum atomic E-state index is 10.9. The van der Waals surface area contributed by atoms with Crippen molar-refractivity contribution >= 4 is 23.6 Å². The van der Waals surface area contributed by atoms with Crippen LogP contribution in [0.3, 0.4) is 0 Å². The molecule has 1 aromatic heterocycles. The third-order valence-corrected chi connectivity index (χ3v) is 1.32. The third kappa shape index (κ3) is 3.25. The van der Waals surface area contributed by atoms with Gasteiger partial charge in [0.2, 0.25) is 5.95 Å². The van der Waals surface area contributed by atoms with E-state index in [4.69, 9.17) is 11.6 Å². The Labute approximate surface area is 80.1 Å². The van der Waals surface area contributed by atoms with Gasteiger partial charge in [-0.25, -0.2) is 14.8 Å². The van der Waals surface area contributed by atoms with Crippen molar-refractivity contribution in [2.45, 2.75) is 6.92 Å². The number of halogens is 1. The fourth-order valence-electron chi connectivity index (χ4n) is 0.655. The van der Waals surface area contributed by atoms with Crippen molar-refractivity contribution in [2.24, 2.45) is 0 Å². The molecule has 13 heavy (non-hydrogen) atoms. The van der Waals surface area contributed by atoms with E-state index in [1.807, 2.05) is 0 Å². The molecule has 0 spiro atoms. The Hall–Kier alpha value is -1.36. The molecule has 0 fully saturated rings. The van der Waals surface area contributed by atoms with Crippen LogP contribution in [0.15, 0.2) is 12.3 Å². The molecule has 5 nitrogen and oxygen atoms in total. The van der Waals surface area contributed by atoms with Gasteiger partial charge in [-0.1, -0.05) is 11.6 Å². The molecule has 70 valence electrons. The summed E-state index contributed by atoms with van der Waals surface area (Å²) >= 11 is 5.56. The molecule has 0 aromatic carbocycles. The van der Waals surface area contributed by atoms with E-state index in [0.29, 0.717) is 6.61 Å². The number of hydrogen-bond acceptors (Lipinski definition) is 4. The lowest BCUT2D eigenvalue weighted by Crippen LogP contribution is -2.15. The monoisotopic (exact) mass is 201 g/mol. The van der Waals surface area contributed by atoms with Crippen LogP contribution in [0.4, 0.5) is 10.7 Å². The zero-order valence-electron chi connectivity index (χ0n) is 6.95. The number of nitrogens with one attached hydrogen (secondary N) is 1. The van der Waals surface area contributed by atoms with Gasteiger partial charge in [-0.3, -0.25) is 5.32 Å². The molecule has 1 heterocycles. The summed E-state index contributed by atoms with van der Waals surface area (Å²) in [5.41, 5.74) is 0. The van der Waals surface area contributed by atoms with Gasteiger partial charge in [0.05, 0.1) is 6.61 Å². The number of carbonyl (C=O) groups excluding carboxylic acids is 1. The molecule has 1 rings (SSSR count). The molecule has 0 aliphatic heterocycles. The van der Waals surface area contributed by atoms with Crippen LogP contribution in [-0.4, -0.2) is 22.7 Å². The van der Waals surface area contributed by atoms with E-state index in [2.05, 4.69) is 20.0 Å². The quantitative estimate of drug-likeness (QED) is 0.740. The number of aromatic nitrogens is 2. The van der Waals surface area contributed by atoms with Crippen LogP contribution in [0, 0.1) is 0 Å². The van der Waals surface area contributed by atoms with Crippen LogP contribution in [-0.2, 0) is 4.74 Å². The normalized spacial score (nSPS) is 9.38. The van der Waals surface area contributed by atoms with Gasteiger partial charge in [-0.15, -0.1) is 0 Å². The smallest absolute Gasteiger partial charge is 0.414 e. The average Bonchev–Trinajstić information content (AvgIpc) is 2.04. The van der Waals surface area contributed by atoms with Crippen molar-refractivity contribution in [1.29, 1.82) is 0 Å². The minimum Gasteiger partial charge on any atom is -0.450 e. The number of amides is 1. The van der Waals surface area contributed by atoms with Gasteiger partial charge in [0.25, 0.3) is 0 Å². The standard InChI is InChI=1S/C7H8ClN3O2/c1-2-13-7(12)11-6-9-4-3-5(8)10-6/h3-4H,2H2,1H3,(H,9,10,11,12). The summed E-state index contributed by atoms with van der Waals surface area (Å²) in [4.78, 5) is 18.4. The molecule has 0 atom stereocenters. The van der Waals surface area contributed by atoms with Gasteiger partial charge in [0.15, 0.2) is 0 Å². The number of hydrogen-bond donors (Lipinski definition) is 1. The fraction of sp³-hybridized carbons (Fsp3) is 0.286. The molecule has 1 N–H and O–H groups in total. The number of anilines is 1. The summed E-state index contributed by atoms with van der Waals surface area (Å²) in [6.45, 7) is 2.00. The molecule has 0 saturated heterocycles. The van der Waals surface area contributed by atoms with Crippen molar-refractivity contribution in [3.63, 3.8) is 0 Å². The van der Waals surface area contributed by atoms with Crippen LogP contribution in [0.25, 0.3) is 0 Å². The van der Waals surface area contributed by atoms with Crippen molar-refractivity contribution in [3.8, 4) is 0 Å². The first kappa shape index (κ1) is 9.73. The van der Waals surface area contributed by atoms with E-state index in [-0.39, 0.29) is 11.1 Å². The highest BCUT2D eigenvalue weighted by Gasteiger charge is 2.03.